The summed E-state index contributed by atoms with van der Waals surface area (Å²) in [5, 5.41) is 5.93. The van der Waals surface area contributed by atoms with Crippen molar-refractivity contribution in [2.75, 3.05) is 32.2 Å². The molecule has 138 valence electrons. The summed E-state index contributed by atoms with van der Waals surface area (Å²) >= 11 is 5.98. The summed E-state index contributed by atoms with van der Waals surface area (Å²) in [6.45, 7) is 0.925. The fraction of sp³-hybridized carbons (Fsp3) is 0.263. The van der Waals surface area contributed by atoms with Crippen LogP contribution in [0, 0.1) is 0 Å². The maximum absolute atomic E-state index is 12.1. The number of amides is 2. The molecule has 0 heterocycles. The van der Waals surface area contributed by atoms with E-state index in [1.165, 1.54) is 0 Å². The van der Waals surface area contributed by atoms with Crippen LogP contribution in [0.25, 0.3) is 0 Å². The van der Waals surface area contributed by atoms with Gasteiger partial charge in [-0.25, -0.2) is 0 Å². The highest BCUT2D eigenvalue weighted by atomic mass is 35.5. The van der Waals surface area contributed by atoms with Gasteiger partial charge in [-0.3, -0.25) is 9.59 Å². The van der Waals surface area contributed by atoms with Gasteiger partial charge in [0.25, 0.3) is 11.8 Å². The van der Waals surface area contributed by atoms with Crippen LogP contribution in [0.1, 0.15) is 16.8 Å². The van der Waals surface area contributed by atoms with E-state index in [9.17, 15) is 9.59 Å². The minimum Gasteiger partial charge on any atom is -0.482 e. The molecule has 2 N–H and O–H groups in total. The summed E-state index contributed by atoms with van der Waals surface area (Å²) in [6, 6.07) is 13.6. The van der Waals surface area contributed by atoms with Gasteiger partial charge in [0.15, 0.2) is 6.61 Å². The molecule has 6 nitrogen and oxygen atoms in total. The second-order valence-electron chi connectivity index (χ2n) is 5.45. The van der Waals surface area contributed by atoms with Crippen molar-refractivity contribution in [1.29, 1.82) is 0 Å². The van der Waals surface area contributed by atoms with Crippen molar-refractivity contribution in [3.63, 3.8) is 0 Å². The molecule has 2 rings (SSSR count). The molecule has 0 bridgehead atoms. The molecule has 2 amide bonds. The van der Waals surface area contributed by atoms with Gasteiger partial charge in [-0.1, -0.05) is 29.8 Å². The Balaban J connectivity index is 1.86. The highest BCUT2D eigenvalue weighted by Crippen LogP contribution is 2.23. The average Bonchev–Trinajstić information content (AvgIpc) is 2.64. The minimum atomic E-state index is -0.345. The molecular formula is C19H21ClN2O4. The summed E-state index contributed by atoms with van der Waals surface area (Å²) < 4.78 is 10.3. The van der Waals surface area contributed by atoms with Crippen molar-refractivity contribution >= 4 is 29.1 Å². The van der Waals surface area contributed by atoms with Crippen molar-refractivity contribution in [3.8, 4) is 5.75 Å². The molecular weight excluding hydrogens is 356 g/mol. The van der Waals surface area contributed by atoms with Gasteiger partial charge in [0, 0.05) is 31.5 Å². The summed E-state index contributed by atoms with van der Waals surface area (Å²) in [7, 11) is 1.61. The molecule has 2 aromatic carbocycles. The zero-order valence-corrected chi connectivity index (χ0v) is 15.2. The Morgan fingerprint density at radius 3 is 2.69 bits per heavy atom. The number of hydrogen-bond donors (Lipinski definition) is 2. The van der Waals surface area contributed by atoms with Gasteiger partial charge in [0.1, 0.15) is 5.75 Å². The maximum atomic E-state index is 12.1. The first-order chi connectivity index (χ1) is 12.6. The molecule has 0 saturated carbocycles. The number of methoxy groups -OCH3 is 1. The number of nitrogens with one attached hydrogen (secondary N) is 2. The third kappa shape index (κ3) is 6.38. The van der Waals surface area contributed by atoms with Gasteiger partial charge in [0.2, 0.25) is 0 Å². The molecule has 7 heteroatoms. The maximum Gasteiger partial charge on any atom is 0.262 e. The molecule has 0 atom stereocenters. The Morgan fingerprint density at radius 1 is 1.12 bits per heavy atom. The van der Waals surface area contributed by atoms with Gasteiger partial charge in [-0.2, -0.15) is 0 Å². The van der Waals surface area contributed by atoms with E-state index in [1.807, 2.05) is 0 Å². The van der Waals surface area contributed by atoms with Crippen LogP contribution < -0.4 is 15.4 Å². The highest BCUT2D eigenvalue weighted by molar-refractivity contribution is 6.32. The summed E-state index contributed by atoms with van der Waals surface area (Å²) in [5.74, 6) is -0.111. The van der Waals surface area contributed by atoms with Crippen LogP contribution in [-0.2, 0) is 9.53 Å². The van der Waals surface area contributed by atoms with E-state index in [1.54, 1.807) is 55.6 Å². The average molecular weight is 377 g/mol. The summed E-state index contributed by atoms with van der Waals surface area (Å²) in [4.78, 5) is 24.1. The number of carbonyl (C=O) groups is 2. The molecule has 2 aromatic rings. The van der Waals surface area contributed by atoms with Gasteiger partial charge in [0.05, 0.1) is 5.02 Å². The molecule has 0 aliphatic rings. The first-order valence-corrected chi connectivity index (χ1v) is 8.52. The molecule has 0 spiro atoms. The van der Waals surface area contributed by atoms with Crippen molar-refractivity contribution < 1.29 is 19.1 Å². The Morgan fingerprint density at radius 2 is 1.92 bits per heavy atom. The number of benzene rings is 2. The number of rotatable bonds is 9. The van der Waals surface area contributed by atoms with Gasteiger partial charge >= 0.3 is 0 Å². The van der Waals surface area contributed by atoms with Gasteiger partial charge < -0.3 is 20.1 Å². The molecule has 0 fully saturated rings. The summed E-state index contributed by atoms with van der Waals surface area (Å²) in [5.41, 5.74) is 0.981. The fourth-order valence-corrected chi connectivity index (χ4v) is 2.35. The van der Waals surface area contributed by atoms with Crippen LogP contribution in [0.4, 0.5) is 5.69 Å². The Bertz CT molecular complexity index is 752. The highest BCUT2D eigenvalue weighted by Gasteiger charge is 2.09. The number of para-hydroxylation sites is 1. The van der Waals surface area contributed by atoms with E-state index in [4.69, 9.17) is 21.1 Å². The summed E-state index contributed by atoms with van der Waals surface area (Å²) in [6.07, 6.45) is 0.734. The lowest BCUT2D eigenvalue weighted by molar-refractivity contribution is -0.118. The zero-order chi connectivity index (χ0) is 18.8. The van der Waals surface area contributed by atoms with Crippen LogP contribution in [0.15, 0.2) is 48.5 Å². The van der Waals surface area contributed by atoms with Crippen molar-refractivity contribution in [2.24, 2.45) is 0 Å². The molecule has 0 unspecified atom stereocenters. The van der Waals surface area contributed by atoms with Gasteiger partial charge in [-0.05, 0) is 36.8 Å². The predicted molar refractivity (Wildman–Crippen MR) is 101 cm³/mol. The van der Waals surface area contributed by atoms with E-state index in [2.05, 4.69) is 10.6 Å². The third-order valence-electron chi connectivity index (χ3n) is 3.41. The number of carbonyl (C=O) groups excluding carboxylic acids is 2. The number of hydrogen-bond acceptors (Lipinski definition) is 4. The number of ether oxygens (including phenoxy) is 2. The smallest absolute Gasteiger partial charge is 0.262 e. The second kappa shape index (κ2) is 10.4. The molecule has 0 aromatic heterocycles. The molecule has 0 radical (unpaired) electrons. The fourth-order valence-electron chi connectivity index (χ4n) is 2.16. The molecule has 0 saturated heterocycles. The Kier molecular flexibility index (Phi) is 7.92. The van der Waals surface area contributed by atoms with E-state index >= 15 is 0 Å². The van der Waals surface area contributed by atoms with Crippen LogP contribution in [0.5, 0.6) is 5.75 Å². The van der Waals surface area contributed by atoms with Crippen LogP contribution in [-0.4, -0.2) is 38.7 Å². The molecule has 0 aliphatic carbocycles. The van der Waals surface area contributed by atoms with Crippen molar-refractivity contribution in [1.82, 2.24) is 5.32 Å². The molecule has 0 aliphatic heterocycles. The zero-order valence-electron chi connectivity index (χ0n) is 14.5. The third-order valence-corrected chi connectivity index (χ3v) is 3.73. The van der Waals surface area contributed by atoms with E-state index in [-0.39, 0.29) is 18.4 Å². The quantitative estimate of drug-likeness (QED) is 0.659. The van der Waals surface area contributed by atoms with E-state index in [0.29, 0.717) is 35.2 Å². The standard InChI is InChI=1S/C19H21ClN2O4/c1-25-11-5-10-21-19(24)14-6-4-7-15(12-14)22-18(23)13-26-17-9-3-2-8-16(17)20/h2-4,6-9,12H,5,10-11,13H2,1H3,(H,21,24)(H,22,23). The lowest BCUT2D eigenvalue weighted by atomic mass is 10.2. The number of anilines is 1. The molecule has 26 heavy (non-hydrogen) atoms. The van der Waals surface area contributed by atoms with Crippen LogP contribution in [0.2, 0.25) is 5.02 Å². The normalized spacial score (nSPS) is 10.2. The SMILES string of the molecule is COCCCNC(=O)c1cccc(NC(=O)COc2ccccc2Cl)c1. The first kappa shape index (κ1) is 19.8. The minimum absolute atomic E-state index is 0.183. The van der Waals surface area contributed by atoms with Gasteiger partial charge in [-0.15, -0.1) is 0 Å². The predicted octanol–water partition coefficient (Wildman–Crippen LogP) is 3.12. The second-order valence-corrected chi connectivity index (χ2v) is 5.86. The van der Waals surface area contributed by atoms with Crippen LogP contribution >= 0.6 is 11.6 Å². The topological polar surface area (TPSA) is 76.7 Å². The lowest BCUT2D eigenvalue weighted by Crippen LogP contribution is -2.25. The van der Waals surface area contributed by atoms with E-state index < -0.39 is 0 Å². The number of halogens is 1. The Labute approximate surface area is 157 Å². The monoisotopic (exact) mass is 376 g/mol. The Hall–Kier alpha value is -2.57. The van der Waals surface area contributed by atoms with Crippen LogP contribution in [0.3, 0.4) is 0 Å². The first-order valence-electron chi connectivity index (χ1n) is 8.14. The largest absolute Gasteiger partial charge is 0.482 e. The lowest BCUT2D eigenvalue weighted by Gasteiger charge is -2.10. The van der Waals surface area contributed by atoms with E-state index in [0.717, 1.165) is 6.42 Å². The van der Waals surface area contributed by atoms with Crippen molar-refractivity contribution in [3.05, 3.63) is 59.1 Å². The van der Waals surface area contributed by atoms with Crippen molar-refractivity contribution in [2.45, 2.75) is 6.42 Å².